The molecule has 0 bridgehead atoms. The van der Waals surface area contributed by atoms with E-state index in [9.17, 15) is 8.42 Å². The Morgan fingerprint density at radius 3 is 2.75 bits per heavy atom. The van der Waals surface area contributed by atoms with Gasteiger partial charge in [-0.2, -0.15) is 0 Å². The quantitative estimate of drug-likeness (QED) is 0.796. The zero-order chi connectivity index (χ0) is 9.03. The van der Waals surface area contributed by atoms with E-state index in [2.05, 4.69) is 0 Å². The van der Waals surface area contributed by atoms with Crippen LogP contribution in [0.15, 0.2) is 17.5 Å². The fourth-order valence-corrected chi connectivity index (χ4v) is 2.20. The summed E-state index contributed by atoms with van der Waals surface area (Å²) in [5.74, 6) is 0.0743. The van der Waals surface area contributed by atoms with Crippen molar-refractivity contribution in [3.05, 3.63) is 22.4 Å². The Labute approximate surface area is 76.3 Å². The summed E-state index contributed by atoms with van der Waals surface area (Å²) >= 11 is 1.64. The largest absolute Gasteiger partial charge is 0.229 e. The predicted molar refractivity (Wildman–Crippen MR) is 50.6 cm³/mol. The number of sulfonamides is 1. The number of rotatable bonds is 4. The van der Waals surface area contributed by atoms with E-state index in [1.165, 1.54) is 4.88 Å². The Morgan fingerprint density at radius 2 is 2.25 bits per heavy atom. The van der Waals surface area contributed by atoms with Gasteiger partial charge in [-0.05, 0) is 24.3 Å². The average molecular weight is 205 g/mol. The molecular weight excluding hydrogens is 194 g/mol. The molecule has 0 fully saturated rings. The fourth-order valence-electron chi connectivity index (χ4n) is 0.902. The molecule has 0 amide bonds. The van der Waals surface area contributed by atoms with Crippen LogP contribution in [-0.4, -0.2) is 14.2 Å². The Kier molecular flexibility index (Phi) is 3.25. The van der Waals surface area contributed by atoms with Gasteiger partial charge in [0.25, 0.3) is 0 Å². The van der Waals surface area contributed by atoms with Crippen LogP contribution in [0.25, 0.3) is 0 Å². The molecule has 1 heterocycles. The Bertz CT molecular complexity index is 315. The third-order valence-corrected chi connectivity index (χ3v) is 3.23. The minimum absolute atomic E-state index is 0.0743. The lowest BCUT2D eigenvalue weighted by Crippen LogP contribution is -2.16. The minimum Gasteiger partial charge on any atom is -0.229 e. The molecule has 1 aromatic rings. The zero-order valence-electron chi connectivity index (χ0n) is 6.56. The van der Waals surface area contributed by atoms with Crippen LogP contribution >= 0.6 is 11.3 Å². The van der Waals surface area contributed by atoms with E-state index in [1.54, 1.807) is 11.3 Å². The topological polar surface area (TPSA) is 60.2 Å². The van der Waals surface area contributed by atoms with Gasteiger partial charge in [-0.15, -0.1) is 11.3 Å². The number of hydrogen-bond donors (Lipinski definition) is 1. The van der Waals surface area contributed by atoms with E-state index in [1.807, 2.05) is 17.5 Å². The lowest BCUT2D eigenvalue weighted by Gasteiger charge is -1.95. The normalized spacial score (nSPS) is 11.8. The van der Waals surface area contributed by atoms with Gasteiger partial charge in [0.1, 0.15) is 0 Å². The minimum atomic E-state index is -3.27. The summed E-state index contributed by atoms with van der Waals surface area (Å²) in [4.78, 5) is 1.21. The van der Waals surface area contributed by atoms with Crippen LogP contribution in [0.5, 0.6) is 0 Å². The molecule has 1 rings (SSSR count). The zero-order valence-corrected chi connectivity index (χ0v) is 8.20. The molecule has 12 heavy (non-hydrogen) atoms. The van der Waals surface area contributed by atoms with Crippen molar-refractivity contribution in [1.82, 2.24) is 0 Å². The van der Waals surface area contributed by atoms with Gasteiger partial charge >= 0.3 is 0 Å². The molecule has 2 N–H and O–H groups in total. The first kappa shape index (κ1) is 9.70. The van der Waals surface area contributed by atoms with Crippen molar-refractivity contribution in [2.24, 2.45) is 5.14 Å². The summed E-state index contributed by atoms with van der Waals surface area (Å²) in [6.45, 7) is 0. The Morgan fingerprint density at radius 1 is 1.50 bits per heavy atom. The highest BCUT2D eigenvalue weighted by Gasteiger charge is 2.02. The first-order valence-corrected chi connectivity index (χ1v) is 6.20. The van der Waals surface area contributed by atoms with Gasteiger partial charge in [-0.1, -0.05) is 6.07 Å². The lowest BCUT2D eigenvalue weighted by atomic mass is 10.3. The van der Waals surface area contributed by atoms with E-state index in [-0.39, 0.29) is 5.75 Å². The van der Waals surface area contributed by atoms with Crippen molar-refractivity contribution in [3.8, 4) is 0 Å². The van der Waals surface area contributed by atoms with Crippen molar-refractivity contribution in [2.75, 3.05) is 5.75 Å². The van der Waals surface area contributed by atoms with Gasteiger partial charge in [0.15, 0.2) is 0 Å². The van der Waals surface area contributed by atoms with Crippen LogP contribution in [-0.2, 0) is 16.4 Å². The molecule has 0 spiro atoms. The van der Waals surface area contributed by atoms with Crippen molar-refractivity contribution in [1.29, 1.82) is 0 Å². The highest BCUT2D eigenvalue weighted by Crippen LogP contribution is 2.10. The smallest absolute Gasteiger partial charge is 0.209 e. The molecule has 0 unspecified atom stereocenters. The van der Waals surface area contributed by atoms with E-state index in [0.717, 1.165) is 6.42 Å². The van der Waals surface area contributed by atoms with Gasteiger partial charge < -0.3 is 0 Å². The van der Waals surface area contributed by atoms with Crippen LogP contribution in [0.2, 0.25) is 0 Å². The molecule has 0 saturated heterocycles. The Balaban J connectivity index is 2.29. The summed E-state index contributed by atoms with van der Waals surface area (Å²) < 4.78 is 21.1. The van der Waals surface area contributed by atoms with Gasteiger partial charge in [0, 0.05) is 4.88 Å². The van der Waals surface area contributed by atoms with Gasteiger partial charge in [-0.25, -0.2) is 13.6 Å². The predicted octanol–water partition coefficient (Wildman–Crippen LogP) is 0.969. The maximum atomic E-state index is 10.5. The third kappa shape index (κ3) is 3.85. The van der Waals surface area contributed by atoms with Crippen LogP contribution in [0.4, 0.5) is 0 Å². The van der Waals surface area contributed by atoms with Gasteiger partial charge in [0.05, 0.1) is 5.75 Å². The van der Waals surface area contributed by atoms with Gasteiger partial charge in [0.2, 0.25) is 10.0 Å². The van der Waals surface area contributed by atoms with Crippen LogP contribution < -0.4 is 5.14 Å². The molecule has 0 radical (unpaired) electrons. The van der Waals surface area contributed by atoms with Crippen molar-refractivity contribution in [2.45, 2.75) is 12.8 Å². The summed E-state index contributed by atoms with van der Waals surface area (Å²) in [5, 5.41) is 6.83. The average Bonchev–Trinajstić information content (AvgIpc) is 2.36. The third-order valence-electron chi connectivity index (χ3n) is 1.43. The maximum Gasteiger partial charge on any atom is 0.209 e. The van der Waals surface area contributed by atoms with Crippen molar-refractivity contribution in [3.63, 3.8) is 0 Å². The molecule has 0 aliphatic heterocycles. The van der Waals surface area contributed by atoms with E-state index in [0.29, 0.717) is 6.42 Å². The van der Waals surface area contributed by atoms with E-state index < -0.39 is 10.0 Å². The second-order valence-electron chi connectivity index (χ2n) is 2.55. The molecule has 1 aromatic heterocycles. The molecule has 5 heteroatoms. The van der Waals surface area contributed by atoms with E-state index >= 15 is 0 Å². The fraction of sp³-hybridized carbons (Fsp3) is 0.429. The summed E-state index contributed by atoms with van der Waals surface area (Å²) in [7, 11) is -3.27. The monoisotopic (exact) mass is 205 g/mol. The second-order valence-corrected chi connectivity index (χ2v) is 5.32. The second kappa shape index (κ2) is 4.02. The van der Waals surface area contributed by atoms with Crippen LogP contribution in [0, 0.1) is 0 Å². The van der Waals surface area contributed by atoms with Crippen LogP contribution in [0.1, 0.15) is 11.3 Å². The number of primary sulfonamides is 1. The van der Waals surface area contributed by atoms with Crippen LogP contribution in [0.3, 0.4) is 0 Å². The molecule has 0 atom stereocenters. The number of nitrogens with two attached hydrogens (primary N) is 1. The highest BCUT2D eigenvalue weighted by atomic mass is 32.2. The number of aryl methyl sites for hydroxylation is 1. The molecule has 68 valence electrons. The SMILES string of the molecule is NS(=O)(=O)CCCc1cccs1. The standard InChI is InChI=1S/C7H11NO2S2/c8-12(9,10)6-2-4-7-3-1-5-11-7/h1,3,5H,2,4,6H2,(H2,8,9,10). The summed E-state index contributed by atoms with van der Waals surface area (Å²) in [5.41, 5.74) is 0. The first-order chi connectivity index (χ1) is 5.58. The molecule has 0 aromatic carbocycles. The summed E-state index contributed by atoms with van der Waals surface area (Å²) in [6.07, 6.45) is 1.41. The summed E-state index contributed by atoms with van der Waals surface area (Å²) in [6, 6.07) is 3.95. The van der Waals surface area contributed by atoms with Crippen molar-refractivity contribution >= 4 is 21.4 Å². The van der Waals surface area contributed by atoms with Crippen molar-refractivity contribution < 1.29 is 8.42 Å². The molecule has 0 saturated carbocycles. The number of thiophene rings is 1. The molecule has 0 aliphatic carbocycles. The first-order valence-electron chi connectivity index (χ1n) is 3.61. The number of hydrogen-bond acceptors (Lipinski definition) is 3. The highest BCUT2D eigenvalue weighted by molar-refractivity contribution is 7.89. The molecular formula is C7H11NO2S2. The lowest BCUT2D eigenvalue weighted by molar-refractivity contribution is 0.595. The molecule has 0 aliphatic rings. The Hall–Kier alpha value is -0.390. The maximum absolute atomic E-state index is 10.5. The van der Waals surface area contributed by atoms with E-state index in [4.69, 9.17) is 5.14 Å². The van der Waals surface area contributed by atoms with Gasteiger partial charge in [-0.3, -0.25) is 0 Å². The molecule has 3 nitrogen and oxygen atoms in total.